The van der Waals surface area contributed by atoms with Crippen molar-refractivity contribution in [2.24, 2.45) is 0 Å². The lowest BCUT2D eigenvalue weighted by atomic mass is 10.2. The Morgan fingerprint density at radius 2 is 2.16 bits per heavy atom. The second kappa shape index (κ2) is 6.89. The van der Waals surface area contributed by atoms with Gasteiger partial charge in [-0.3, -0.25) is 9.69 Å². The molecule has 1 aromatic rings. The zero-order valence-corrected chi connectivity index (χ0v) is 11.9. The lowest BCUT2D eigenvalue weighted by Gasteiger charge is -2.23. The molecular weight excluding hydrogens is 262 g/mol. The molecule has 1 fully saturated rings. The lowest BCUT2D eigenvalue weighted by Crippen LogP contribution is -2.41. The Morgan fingerprint density at radius 3 is 2.84 bits per heavy atom. The van der Waals surface area contributed by atoms with Crippen LogP contribution in [-0.2, 0) is 4.79 Å². The normalized spacial score (nSPS) is 19.6. The van der Waals surface area contributed by atoms with E-state index in [9.17, 15) is 4.79 Å². The van der Waals surface area contributed by atoms with Gasteiger partial charge >= 0.3 is 0 Å². The number of likely N-dealkylation sites (tertiary alicyclic amines) is 1. The SMILES string of the molecule is CNCC1CCCN1CC(=O)Nc1ccc(Cl)cc1. The number of likely N-dealkylation sites (N-methyl/N-ethyl adjacent to an activating group) is 1. The van der Waals surface area contributed by atoms with Gasteiger partial charge in [-0.15, -0.1) is 0 Å². The van der Waals surface area contributed by atoms with Crippen molar-refractivity contribution in [1.29, 1.82) is 0 Å². The third-order valence-corrected chi connectivity index (χ3v) is 3.67. The van der Waals surface area contributed by atoms with Crippen LogP contribution in [0.15, 0.2) is 24.3 Å². The van der Waals surface area contributed by atoms with Gasteiger partial charge in [0.05, 0.1) is 6.54 Å². The predicted molar refractivity (Wildman–Crippen MR) is 78.6 cm³/mol. The minimum absolute atomic E-state index is 0.0327. The molecule has 1 atom stereocenters. The Kier molecular flexibility index (Phi) is 5.19. The Balaban J connectivity index is 1.85. The van der Waals surface area contributed by atoms with Gasteiger partial charge in [-0.05, 0) is 50.7 Å². The van der Waals surface area contributed by atoms with Crippen LogP contribution in [0.5, 0.6) is 0 Å². The van der Waals surface area contributed by atoms with Crippen molar-refractivity contribution in [1.82, 2.24) is 10.2 Å². The van der Waals surface area contributed by atoms with E-state index in [4.69, 9.17) is 11.6 Å². The highest BCUT2D eigenvalue weighted by atomic mass is 35.5. The summed E-state index contributed by atoms with van der Waals surface area (Å²) in [4.78, 5) is 14.2. The summed E-state index contributed by atoms with van der Waals surface area (Å²) in [5.74, 6) is 0.0327. The second-order valence-corrected chi connectivity index (χ2v) is 5.32. The van der Waals surface area contributed by atoms with Crippen molar-refractivity contribution in [3.05, 3.63) is 29.3 Å². The number of anilines is 1. The Bertz CT molecular complexity index is 421. The summed E-state index contributed by atoms with van der Waals surface area (Å²) in [7, 11) is 1.95. The fourth-order valence-corrected chi connectivity index (χ4v) is 2.61. The van der Waals surface area contributed by atoms with Gasteiger partial charge < -0.3 is 10.6 Å². The molecule has 5 heteroatoms. The summed E-state index contributed by atoms with van der Waals surface area (Å²) in [6.45, 7) is 2.39. The number of carbonyl (C=O) groups excluding carboxylic acids is 1. The minimum Gasteiger partial charge on any atom is -0.325 e. The summed E-state index contributed by atoms with van der Waals surface area (Å²) >= 11 is 5.81. The molecule has 2 N–H and O–H groups in total. The van der Waals surface area contributed by atoms with Gasteiger partial charge in [-0.2, -0.15) is 0 Å². The third kappa shape index (κ3) is 4.20. The largest absolute Gasteiger partial charge is 0.325 e. The summed E-state index contributed by atoms with van der Waals surface area (Å²) < 4.78 is 0. The second-order valence-electron chi connectivity index (χ2n) is 4.88. The van der Waals surface area contributed by atoms with Crippen LogP contribution >= 0.6 is 11.6 Å². The van der Waals surface area contributed by atoms with E-state index in [1.807, 2.05) is 19.2 Å². The first-order valence-electron chi connectivity index (χ1n) is 6.63. The molecule has 1 aliphatic rings. The monoisotopic (exact) mass is 281 g/mol. The van der Waals surface area contributed by atoms with Gasteiger partial charge in [-0.25, -0.2) is 0 Å². The summed E-state index contributed by atoms with van der Waals surface area (Å²) in [5.41, 5.74) is 0.791. The number of rotatable bonds is 5. The van der Waals surface area contributed by atoms with Gasteiger partial charge in [0, 0.05) is 23.3 Å². The molecule has 0 spiro atoms. The first-order chi connectivity index (χ1) is 9.19. The summed E-state index contributed by atoms with van der Waals surface area (Å²) in [6, 6.07) is 7.65. The topological polar surface area (TPSA) is 44.4 Å². The molecule has 0 aliphatic carbocycles. The lowest BCUT2D eigenvalue weighted by molar-refractivity contribution is -0.117. The molecule has 0 saturated carbocycles. The highest BCUT2D eigenvalue weighted by Crippen LogP contribution is 2.17. The number of amides is 1. The number of halogens is 1. The maximum Gasteiger partial charge on any atom is 0.238 e. The maximum atomic E-state index is 12.0. The van der Waals surface area contributed by atoms with E-state index >= 15 is 0 Å². The van der Waals surface area contributed by atoms with Crippen molar-refractivity contribution >= 4 is 23.2 Å². The molecular formula is C14H20ClN3O. The van der Waals surface area contributed by atoms with Crippen LogP contribution in [0.3, 0.4) is 0 Å². The number of hydrogen-bond acceptors (Lipinski definition) is 3. The highest BCUT2D eigenvalue weighted by molar-refractivity contribution is 6.30. The molecule has 1 aliphatic heterocycles. The first-order valence-corrected chi connectivity index (χ1v) is 7.01. The zero-order valence-electron chi connectivity index (χ0n) is 11.2. The first kappa shape index (κ1) is 14.3. The van der Waals surface area contributed by atoms with E-state index in [1.54, 1.807) is 12.1 Å². The van der Waals surface area contributed by atoms with E-state index in [0.29, 0.717) is 17.6 Å². The molecule has 1 unspecified atom stereocenters. The van der Waals surface area contributed by atoms with Crippen molar-refractivity contribution in [2.75, 3.05) is 32.0 Å². The van der Waals surface area contributed by atoms with Crippen molar-refractivity contribution in [2.45, 2.75) is 18.9 Å². The molecule has 104 valence electrons. The van der Waals surface area contributed by atoms with Gasteiger partial charge in [0.2, 0.25) is 5.91 Å². The molecule has 1 heterocycles. The van der Waals surface area contributed by atoms with E-state index in [-0.39, 0.29) is 5.91 Å². The fourth-order valence-electron chi connectivity index (χ4n) is 2.49. The van der Waals surface area contributed by atoms with E-state index in [2.05, 4.69) is 15.5 Å². The molecule has 1 amide bonds. The van der Waals surface area contributed by atoms with Gasteiger partial charge in [0.15, 0.2) is 0 Å². The molecule has 1 aromatic carbocycles. The van der Waals surface area contributed by atoms with Crippen LogP contribution < -0.4 is 10.6 Å². The Morgan fingerprint density at radius 1 is 1.42 bits per heavy atom. The average Bonchev–Trinajstić information content (AvgIpc) is 2.80. The fraction of sp³-hybridized carbons (Fsp3) is 0.500. The highest BCUT2D eigenvalue weighted by Gasteiger charge is 2.25. The smallest absolute Gasteiger partial charge is 0.238 e. The zero-order chi connectivity index (χ0) is 13.7. The molecule has 0 radical (unpaired) electrons. The number of hydrogen-bond donors (Lipinski definition) is 2. The average molecular weight is 282 g/mol. The molecule has 1 saturated heterocycles. The van der Waals surface area contributed by atoms with E-state index < -0.39 is 0 Å². The summed E-state index contributed by atoms with van der Waals surface area (Å²) in [6.07, 6.45) is 2.33. The maximum absolute atomic E-state index is 12.0. The van der Waals surface area contributed by atoms with Crippen LogP contribution in [0.25, 0.3) is 0 Å². The van der Waals surface area contributed by atoms with Gasteiger partial charge in [0.25, 0.3) is 0 Å². The molecule has 0 bridgehead atoms. The number of nitrogens with zero attached hydrogens (tertiary/aromatic N) is 1. The third-order valence-electron chi connectivity index (χ3n) is 3.41. The van der Waals surface area contributed by atoms with Crippen LogP contribution in [0.4, 0.5) is 5.69 Å². The minimum atomic E-state index is 0.0327. The van der Waals surface area contributed by atoms with Crippen molar-refractivity contribution in [3.8, 4) is 0 Å². The predicted octanol–water partition coefficient (Wildman–Crippen LogP) is 1.96. The van der Waals surface area contributed by atoms with E-state index in [1.165, 1.54) is 6.42 Å². The molecule has 4 nitrogen and oxygen atoms in total. The Hall–Kier alpha value is -1.10. The standard InChI is InChI=1S/C14H20ClN3O/c1-16-9-13-3-2-8-18(13)10-14(19)17-12-6-4-11(15)5-7-12/h4-7,13,16H,2-3,8-10H2,1H3,(H,17,19). The Labute approximate surface area is 119 Å². The molecule has 2 rings (SSSR count). The quantitative estimate of drug-likeness (QED) is 0.867. The van der Waals surface area contributed by atoms with Crippen LogP contribution in [-0.4, -0.2) is 43.5 Å². The van der Waals surface area contributed by atoms with Gasteiger partial charge in [0.1, 0.15) is 0 Å². The van der Waals surface area contributed by atoms with Crippen LogP contribution in [0.2, 0.25) is 5.02 Å². The van der Waals surface area contributed by atoms with Gasteiger partial charge in [-0.1, -0.05) is 11.6 Å². The van der Waals surface area contributed by atoms with Crippen LogP contribution in [0.1, 0.15) is 12.8 Å². The number of benzene rings is 1. The van der Waals surface area contributed by atoms with Crippen LogP contribution in [0, 0.1) is 0 Å². The number of carbonyl (C=O) groups is 1. The molecule has 0 aromatic heterocycles. The van der Waals surface area contributed by atoms with Crippen molar-refractivity contribution in [3.63, 3.8) is 0 Å². The van der Waals surface area contributed by atoms with E-state index in [0.717, 1.165) is 25.2 Å². The summed E-state index contributed by atoms with van der Waals surface area (Å²) in [5, 5.41) is 6.75. The van der Waals surface area contributed by atoms with Crippen molar-refractivity contribution < 1.29 is 4.79 Å². The molecule has 19 heavy (non-hydrogen) atoms. The number of nitrogens with one attached hydrogen (secondary N) is 2.